The molecule has 0 saturated carbocycles. The Kier molecular flexibility index (Phi) is 10.1. The van der Waals surface area contributed by atoms with Crippen molar-refractivity contribution < 1.29 is 19.5 Å². The molecule has 3 rings (SSSR count). The highest BCUT2D eigenvalue weighted by Crippen LogP contribution is 2.27. The van der Waals surface area contributed by atoms with Crippen molar-refractivity contribution in [2.75, 3.05) is 56.6 Å². The Morgan fingerprint density at radius 3 is 2.63 bits per heavy atom. The number of hydrogen-bond donors (Lipinski definition) is 3. The molecule has 3 N–H and O–H groups in total. The maximum absolute atomic E-state index is 14.2. The fraction of sp³-hybridized carbons (Fsp3) is 0.731. The second kappa shape index (κ2) is 12.9. The number of urea groups is 1. The molecule has 0 unspecified atom stereocenters. The highest BCUT2D eigenvalue weighted by Gasteiger charge is 2.40. The molecule has 2 fully saturated rings. The van der Waals surface area contributed by atoms with Crippen molar-refractivity contribution in [1.29, 1.82) is 0 Å². The molecule has 2 atom stereocenters. The van der Waals surface area contributed by atoms with E-state index < -0.39 is 6.09 Å². The maximum Gasteiger partial charge on any atom is 0.407 e. The van der Waals surface area contributed by atoms with E-state index in [9.17, 15) is 19.5 Å². The number of nitrogens with one attached hydrogen (secondary N) is 2. The lowest BCUT2D eigenvalue weighted by Gasteiger charge is -2.44. The summed E-state index contributed by atoms with van der Waals surface area (Å²) in [7, 11) is 0. The Bertz CT molecular complexity index is 1000. The zero-order valence-corrected chi connectivity index (χ0v) is 24.3. The zero-order chi connectivity index (χ0) is 28.0. The molecule has 0 radical (unpaired) electrons. The van der Waals surface area contributed by atoms with E-state index in [0.29, 0.717) is 49.8 Å². The van der Waals surface area contributed by atoms with E-state index in [4.69, 9.17) is 4.98 Å². The average Bonchev–Trinajstić information content (AvgIpc) is 3.29. The van der Waals surface area contributed by atoms with Gasteiger partial charge in [-0.15, -0.1) is 0 Å². The summed E-state index contributed by atoms with van der Waals surface area (Å²) in [6, 6.07) is -0.885. The molecule has 12 heteroatoms. The lowest BCUT2D eigenvalue weighted by Crippen LogP contribution is -2.60. The summed E-state index contributed by atoms with van der Waals surface area (Å²) in [5.74, 6) is 2.07. The SMILES string of the molecule is CSCCCNc1nc(C(C)(C)C)ncc1C(=O)N(CC(C)C)[C@H]1C[C@@H](N2CCNC2=O)CN(C(=O)O)C1. The van der Waals surface area contributed by atoms with Crippen LogP contribution < -0.4 is 10.6 Å². The van der Waals surface area contributed by atoms with E-state index in [0.717, 1.165) is 12.2 Å². The van der Waals surface area contributed by atoms with Gasteiger partial charge < -0.3 is 30.4 Å². The number of hydrogen-bond acceptors (Lipinski definition) is 7. The number of thioether (sulfide) groups is 1. The summed E-state index contributed by atoms with van der Waals surface area (Å²) < 4.78 is 0. The maximum atomic E-state index is 14.2. The van der Waals surface area contributed by atoms with E-state index >= 15 is 0 Å². The van der Waals surface area contributed by atoms with E-state index in [2.05, 4.69) is 21.9 Å². The second-order valence-electron chi connectivity index (χ2n) is 11.5. The van der Waals surface area contributed by atoms with Crippen molar-refractivity contribution in [2.24, 2.45) is 5.92 Å². The van der Waals surface area contributed by atoms with Crippen LogP contribution in [0.3, 0.4) is 0 Å². The third-order valence-corrected chi connectivity index (χ3v) is 7.48. The van der Waals surface area contributed by atoms with Crippen LogP contribution in [0.1, 0.15) is 63.6 Å². The molecule has 4 amide bonds. The van der Waals surface area contributed by atoms with Crippen LogP contribution in [0.15, 0.2) is 6.20 Å². The molecule has 38 heavy (non-hydrogen) atoms. The van der Waals surface area contributed by atoms with Crippen LogP contribution in [0.2, 0.25) is 0 Å². The first-order chi connectivity index (χ1) is 17.9. The predicted molar refractivity (Wildman–Crippen MR) is 150 cm³/mol. The fourth-order valence-electron chi connectivity index (χ4n) is 4.89. The summed E-state index contributed by atoms with van der Waals surface area (Å²) >= 11 is 1.77. The molecule has 1 aromatic rings. The van der Waals surface area contributed by atoms with Gasteiger partial charge in [0.15, 0.2) is 0 Å². The van der Waals surface area contributed by atoms with Gasteiger partial charge in [-0.25, -0.2) is 19.6 Å². The van der Waals surface area contributed by atoms with Gasteiger partial charge in [-0.3, -0.25) is 4.79 Å². The van der Waals surface area contributed by atoms with Gasteiger partial charge in [0.2, 0.25) is 0 Å². The minimum Gasteiger partial charge on any atom is -0.465 e. The van der Waals surface area contributed by atoms with Crippen molar-refractivity contribution in [3.63, 3.8) is 0 Å². The number of amides is 4. The van der Waals surface area contributed by atoms with Gasteiger partial charge in [-0.1, -0.05) is 34.6 Å². The highest BCUT2D eigenvalue weighted by molar-refractivity contribution is 7.98. The molecular weight excluding hydrogens is 506 g/mol. The van der Waals surface area contributed by atoms with Gasteiger partial charge in [0, 0.05) is 50.9 Å². The van der Waals surface area contributed by atoms with Crippen LogP contribution in [0.5, 0.6) is 0 Å². The molecule has 0 aromatic carbocycles. The molecule has 0 aliphatic carbocycles. The van der Waals surface area contributed by atoms with E-state index in [-0.39, 0.29) is 48.4 Å². The average molecular weight is 550 g/mol. The van der Waals surface area contributed by atoms with Gasteiger partial charge in [0.05, 0.1) is 12.1 Å². The van der Waals surface area contributed by atoms with Crippen molar-refractivity contribution in [3.8, 4) is 0 Å². The normalized spacial score (nSPS) is 20.0. The molecule has 0 bridgehead atoms. The molecule has 11 nitrogen and oxygen atoms in total. The smallest absolute Gasteiger partial charge is 0.407 e. The third kappa shape index (κ3) is 7.42. The Balaban J connectivity index is 1.95. The molecule has 212 valence electrons. The van der Waals surface area contributed by atoms with Crippen molar-refractivity contribution in [3.05, 3.63) is 17.6 Å². The minimum atomic E-state index is -1.05. The van der Waals surface area contributed by atoms with Crippen molar-refractivity contribution in [2.45, 2.75) is 65.0 Å². The molecule has 2 aliphatic rings. The number of aromatic nitrogens is 2. The molecule has 0 spiro atoms. The number of carbonyl (C=O) groups is 3. The summed E-state index contributed by atoms with van der Waals surface area (Å²) in [6.07, 6.45) is 4.04. The van der Waals surface area contributed by atoms with Crippen molar-refractivity contribution >= 4 is 35.6 Å². The number of likely N-dealkylation sites (tertiary alicyclic amines) is 1. The predicted octanol–water partition coefficient (Wildman–Crippen LogP) is 3.18. The molecule has 2 aliphatic heterocycles. The van der Waals surface area contributed by atoms with Crippen LogP contribution in [-0.2, 0) is 5.41 Å². The van der Waals surface area contributed by atoms with Crippen molar-refractivity contribution in [1.82, 2.24) is 30.0 Å². The largest absolute Gasteiger partial charge is 0.465 e. The number of nitrogens with zero attached hydrogens (tertiary/aromatic N) is 5. The third-order valence-electron chi connectivity index (χ3n) is 6.78. The van der Waals surface area contributed by atoms with Crippen LogP contribution in [0.25, 0.3) is 0 Å². The lowest BCUT2D eigenvalue weighted by molar-refractivity contribution is 0.0354. The number of piperidine rings is 1. The minimum absolute atomic E-state index is 0.153. The summed E-state index contributed by atoms with van der Waals surface area (Å²) in [5, 5.41) is 16.0. The first kappa shape index (κ1) is 29.8. The Labute approximate surface area is 230 Å². The van der Waals surface area contributed by atoms with E-state index in [1.165, 1.54) is 4.90 Å². The van der Waals surface area contributed by atoms with Gasteiger partial charge in [0.25, 0.3) is 5.91 Å². The standard InChI is InChI=1S/C26H43N7O4S/c1-17(2)14-33(19-12-18(15-31(16-19)25(36)37)32-10-9-28-24(32)35)22(34)20-13-29-23(26(3,4)5)30-21(20)27-8-7-11-38-6/h13,17-19H,7-12,14-16H2,1-6H3,(H,28,35)(H,36,37)(H,27,29,30)/t18-,19+/m1/s1. The summed E-state index contributed by atoms with van der Waals surface area (Å²) in [4.78, 5) is 52.7. The topological polar surface area (TPSA) is 131 Å². The van der Waals surface area contributed by atoms with Gasteiger partial charge in [-0.05, 0) is 30.8 Å². The summed E-state index contributed by atoms with van der Waals surface area (Å²) in [6.45, 7) is 12.8. The van der Waals surface area contributed by atoms with Gasteiger partial charge in [-0.2, -0.15) is 11.8 Å². The fourth-order valence-corrected chi connectivity index (χ4v) is 5.33. The summed E-state index contributed by atoms with van der Waals surface area (Å²) in [5.41, 5.74) is 0.0924. The van der Waals surface area contributed by atoms with Gasteiger partial charge in [0.1, 0.15) is 17.2 Å². The first-order valence-electron chi connectivity index (χ1n) is 13.4. The number of anilines is 1. The Morgan fingerprint density at radius 2 is 2.05 bits per heavy atom. The Morgan fingerprint density at radius 1 is 1.32 bits per heavy atom. The quantitative estimate of drug-likeness (QED) is 0.379. The number of rotatable bonds is 10. The lowest BCUT2D eigenvalue weighted by atomic mass is 9.95. The molecule has 1 aromatic heterocycles. The first-order valence-corrected chi connectivity index (χ1v) is 14.7. The number of carboxylic acid groups (broad SMARTS) is 1. The second-order valence-corrected chi connectivity index (χ2v) is 12.5. The van der Waals surface area contributed by atoms with E-state index in [1.54, 1.807) is 27.8 Å². The molecule has 2 saturated heterocycles. The van der Waals surface area contributed by atoms with Gasteiger partial charge >= 0.3 is 12.1 Å². The highest BCUT2D eigenvalue weighted by atomic mass is 32.2. The van der Waals surface area contributed by atoms with Crippen LogP contribution in [-0.4, -0.2) is 111 Å². The zero-order valence-electron chi connectivity index (χ0n) is 23.5. The van der Waals surface area contributed by atoms with E-state index in [1.807, 2.05) is 34.6 Å². The van der Waals surface area contributed by atoms with Crippen LogP contribution in [0.4, 0.5) is 15.4 Å². The Hall–Kier alpha value is -2.76. The molecular formula is C26H43N7O4S. The van der Waals surface area contributed by atoms with Crippen LogP contribution >= 0.6 is 11.8 Å². The monoisotopic (exact) mass is 549 g/mol. The van der Waals surface area contributed by atoms with Crippen LogP contribution in [0, 0.1) is 5.92 Å². The number of carbonyl (C=O) groups excluding carboxylic acids is 2. The molecule has 3 heterocycles.